The first-order valence-electron chi connectivity index (χ1n) is 6.66. The maximum Gasteiger partial charge on any atom is 0.254 e. The van der Waals surface area contributed by atoms with E-state index in [0.29, 0.717) is 5.56 Å². The zero-order chi connectivity index (χ0) is 16.1. The van der Waals surface area contributed by atoms with Gasteiger partial charge in [0.1, 0.15) is 5.82 Å². The Bertz CT molecular complexity index is 687. The minimum absolute atomic E-state index is 0.0318. The van der Waals surface area contributed by atoms with Crippen LogP contribution in [0, 0.1) is 11.6 Å². The highest BCUT2D eigenvalue weighted by Gasteiger charge is 2.17. The van der Waals surface area contributed by atoms with Gasteiger partial charge < -0.3 is 5.32 Å². The molecule has 0 aliphatic carbocycles. The zero-order valence-electron chi connectivity index (χ0n) is 11.8. The van der Waals surface area contributed by atoms with Crippen molar-refractivity contribution in [1.82, 2.24) is 10.3 Å². The summed E-state index contributed by atoms with van der Waals surface area (Å²) in [6.07, 6.45) is 2.29. The summed E-state index contributed by atoms with van der Waals surface area (Å²) in [6, 6.07) is 5.94. The lowest BCUT2D eigenvalue weighted by Crippen LogP contribution is -2.34. The third-order valence-electron chi connectivity index (χ3n) is 3.05. The number of hydrogen-bond donors (Lipinski definition) is 1. The molecule has 0 spiro atoms. The van der Waals surface area contributed by atoms with Crippen molar-refractivity contribution in [3.63, 3.8) is 0 Å². The van der Waals surface area contributed by atoms with E-state index >= 15 is 0 Å². The molecule has 0 radical (unpaired) electrons. The summed E-state index contributed by atoms with van der Waals surface area (Å²) in [6.45, 7) is 1.64. The Balaban J connectivity index is 1.96. The molecule has 1 N–H and O–H groups in total. The molecule has 4 nitrogen and oxygen atoms in total. The molecule has 0 fully saturated rings. The average molecular weight is 304 g/mol. The first kappa shape index (κ1) is 15.8. The second-order valence-electron chi connectivity index (χ2n) is 4.86. The molecule has 0 aliphatic rings. The smallest absolute Gasteiger partial charge is 0.254 e. The number of Topliss-reactive ketones (excluding diaryl/α,β-unsaturated/α-hetero) is 1. The number of carbonyl (C=O) groups is 2. The minimum atomic E-state index is -0.725. The van der Waals surface area contributed by atoms with E-state index in [1.807, 2.05) is 0 Å². The summed E-state index contributed by atoms with van der Waals surface area (Å²) in [5.41, 5.74) is 0.230. The van der Waals surface area contributed by atoms with Crippen LogP contribution in [0.2, 0.25) is 0 Å². The van der Waals surface area contributed by atoms with Crippen LogP contribution in [-0.4, -0.2) is 22.7 Å². The van der Waals surface area contributed by atoms with Crippen molar-refractivity contribution in [1.29, 1.82) is 0 Å². The first-order chi connectivity index (χ1) is 10.5. The summed E-state index contributed by atoms with van der Waals surface area (Å²) in [5.74, 6) is -1.99. The van der Waals surface area contributed by atoms with Crippen LogP contribution in [0.5, 0.6) is 0 Å². The summed E-state index contributed by atoms with van der Waals surface area (Å²) in [4.78, 5) is 27.5. The number of rotatable bonds is 5. The van der Waals surface area contributed by atoms with Gasteiger partial charge >= 0.3 is 0 Å². The van der Waals surface area contributed by atoms with Crippen molar-refractivity contribution in [2.24, 2.45) is 0 Å². The largest absolute Gasteiger partial charge is 0.349 e. The molecule has 2 aromatic rings. The molecule has 6 heteroatoms. The van der Waals surface area contributed by atoms with Gasteiger partial charge in [-0.3, -0.25) is 14.6 Å². The fourth-order valence-electron chi connectivity index (χ4n) is 1.94. The van der Waals surface area contributed by atoms with Crippen LogP contribution < -0.4 is 5.32 Å². The molecule has 0 saturated carbocycles. The number of halogens is 2. The van der Waals surface area contributed by atoms with Gasteiger partial charge in [0.15, 0.2) is 11.6 Å². The fourth-order valence-corrected chi connectivity index (χ4v) is 1.94. The molecule has 1 aromatic heterocycles. The Morgan fingerprint density at radius 1 is 1.18 bits per heavy atom. The van der Waals surface area contributed by atoms with Crippen molar-refractivity contribution in [2.75, 3.05) is 0 Å². The lowest BCUT2D eigenvalue weighted by atomic mass is 10.0. The Hall–Kier alpha value is -2.63. The number of nitrogens with zero attached hydrogens (tertiary/aromatic N) is 1. The summed E-state index contributed by atoms with van der Waals surface area (Å²) < 4.78 is 26.2. The number of amides is 1. The molecular formula is C16H14F2N2O2. The molecule has 22 heavy (non-hydrogen) atoms. The van der Waals surface area contributed by atoms with E-state index in [1.54, 1.807) is 6.92 Å². The van der Waals surface area contributed by atoms with Crippen LogP contribution in [-0.2, 0) is 0 Å². The second kappa shape index (κ2) is 6.89. The number of benzene rings is 1. The topological polar surface area (TPSA) is 59.1 Å². The number of carbonyl (C=O) groups excluding carboxylic acids is 2. The standard InChI is InChI=1S/C16H14F2N2O2/c1-10(8-15(21)11-2-4-12(17)5-3-11)20-16(22)13-6-7-19-9-14(13)18/h2-7,9-10H,8H2,1H3,(H,20,22)/t10-/m0/s1. The monoisotopic (exact) mass is 304 g/mol. The van der Waals surface area contributed by atoms with Crippen molar-refractivity contribution in [3.05, 3.63) is 65.5 Å². The predicted molar refractivity (Wildman–Crippen MR) is 76.5 cm³/mol. The van der Waals surface area contributed by atoms with E-state index < -0.39 is 23.6 Å². The normalized spacial score (nSPS) is 11.8. The summed E-state index contributed by atoms with van der Waals surface area (Å²) in [5, 5.41) is 2.55. The Kier molecular flexibility index (Phi) is 4.93. The molecule has 2 rings (SSSR count). The van der Waals surface area contributed by atoms with Crippen LogP contribution in [0.4, 0.5) is 8.78 Å². The Morgan fingerprint density at radius 3 is 2.50 bits per heavy atom. The predicted octanol–water partition coefficient (Wildman–Crippen LogP) is 2.75. The molecule has 1 heterocycles. The molecule has 0 unspecified atom stereocenters. The molecule has 0 aliphatic heterocycles. The van der Waals surface area contributed by atoms with Crippen LogP contribution in [0.1, 0.15) is 34.1 Å². The van der Waals surface area contributed by atoms with E-state index in [-0.39, 0.29) is 17.8 Å². The highest BCUT2D eigenvalue weighted by atomic mass is 19.1. The van der Waals surface area contributed by atoms with Crippen molar-refractivity contribution in [2.45, 2.75) is 19.4 Å². The van der Waals surface area contributed by atoms with Gasteiger partial charge in [0.2, 0.25) is 0 Å². The second-order valence-corrected chi connectivity index (χ2v) is 4.86. The van der Waals surface area contributed by atoms with Gasteiger partial charge in [-0.25, -0.2) is 8.78 Å². The van der Waals surface area contributed by atoms with E-state index in [9.17, 15) is 18.4 Å². The van der Waals surface area contributed by atoms with E-state index in [4.69, 9.17) is 0 Å². The van der Waals surface area contributed by atoms with E-state index in [2.05, 4.69) is 10.3 Å². The van der Waals surface area contributed by atoms with Gasteiger partial charge in [-0.2, -0.15) is 0 Å². The molecule has 1 amide bonds. The van der Waals surface area contributed by atoms with Crippen LogP contribution in [0.15, 0.2) is 42.7 Å². The van der Waals surface area contributed by atoms with Crippen molar-refractivity contribution < 1.29 is 18.4 Å². The lowest BCUT2D eigenvalue weighted by Gasteiger charge is -2.13. The third kappa shape index (κ3) is 3.94. The van der Waals surface area contributed by atoms with Gasteiger partial charge in [-0.1, -0.05) is 0 Å². The quantitative estimate of drug-likeness (QED) is 0.864. The highest BCUT2D eigenvalue weighted by molar-refractivity contribution is 5.98. The van der Waals surface area contributed by atoms with Gasteiger partial charge in [0, 0.05) is 24.2 Å². The SMILES string of the molecule is C[C@@H](CC(=O)c1ccc(F)cc1)NC(=O)c1ccncc1F. The maximum atomic E-state index is 13.4. The van der Waals surface area contributed by atoms with Gasteiger partial charge in [0.25, 0.3) is 5.91 Å². The third-order valence-corrected chi connectivity index (χ3v) is 3.05. The van der Waals surface area contributed by atoms with Gasteiger partial charge in [0.05, 0.1) is 11.8 Å². The Labute approximate surface area is 126 Å². The molecule has 1 aromatic carbocycles. The molecule has 114 valence electrons. The first-order valence-corrected chi connectivity index (χ1v) is 6.66. The van der Waals surface area contributed by atoms with Gasteiger partial charge in [-0.15, -0.1) is 0 Å². The summed E-state index contributed by atoms with van der Waals surface area (Å²) >= 11 is 0. The molecule has 0 bridgehead atoms. The van der Waals surface area contributed by atoms with Crippen molar-refractivity contribution >= 4 is 11.7 Å². The number of aromatic nitrogens is 1. The molecular weight excluding hydrogens is 290 g/mol. The highest BCUT2D eigenvalue weighted by Crippen LogP contribution is 2.09. The van der Waals surface area contributed by atoms with Crippen LogP contribution in [0.3, 0.4) is 0 Å². The summed E-state index contributed by atoms with van der Waals surface area (Å²) in [7, 11) is 0. The van der Waals surface area contributed by atoms with Gasteiger partial charge in [-0.05, 0) is 37.3 Å². The maximum absolute atomic E-state index is 13.4. The van der Waals surface area contributed by atoms with E-state index in [0.717, 1.165) is 6.20 Å². The molecule has 0 saturated heterocycles. The molecule has 1 atom stereocenters. The van der Waals surface area contributed by atoms with Crippen molar-refractivity contribution in [3.8, 4) is 0 Å². The average Bonchev–Trinajstić information content (AvgIpc) is 2.48. The van der Waals surface area contributed by atoms with E-state index in [1.165, 1.54) is 36.5 Å². The van der Waals surface area contributed by atoms with Crippen LogP contribution in [0.25, 0.3) is 0 Å². The number of nitrogens with one attached hydrogen (secondary N) is 1. The fraction of sp³-hybridized carbons (Fsp3) is 0.188. The minimum Gasteiger partial charge on any atom is -0.349 e. The Morgan fingerprint density at radius 2 is 1.86 bits per heavy atom. The number of hydrogen-bond acceptors (Lipinski definition) is 3. The zero-order valence-corrected chi connectivity index (χ0v) is 11.8. The van der Waals surface area contributed by atoms with Crippen LogP contribution >= 0.6 is 0 Å². The number of ketones is 1. The lowest BCUT2D eigenvalue weighted by molar-refractivity contribution is 0.0915. The number of pyridine rings is 1.